The van der Waals surface area contributed by atoms with Crippen molar-refractivity contribution < 1.29 is 9.59 Å². The zero-order chi connectivity index (χ0) is 20.1. The summed E-state index contributed by atoms with van der Waals surface area (Å²) in [5.74, 6) is 1.05. The summed E-state index contributed by atoms with van der Waals surface area (Å²) < 4.78 is 0. The summed E-state index contributed by atoms with van der Waals surface area (Å²) in [7, 11) is 1.81. The lowest BCUT2D eigenvalue weighted by Crippen LogP contribution is -2.47. The number of amides is 2. The Bertz CT molecular complexity index is 663. The Kier molecular flexibility index (Phi) is 7.42. The quantitative estimate of drug-likeness (QED) is 0.803. The van der Waals surface area contributed by atoms with Crippen molar-refractivity contribution in [3.63, 3.8) is 0 Å². The number of hydrogen-bond donors (Lipinski definition) is 2. The molecule has 5 heteroatoms. The second kappa shape index (κ2) is 9.36. The fraction of sp³-hybridized carbons (Fsp3) is 0.636. The molecule has 5 nitrogen and oxygen atoms in total. The topological polar surface area (TPSA) is 61.4 Å². The van der Waals surface area contributed by atoms with Crippen LogP contribution in [0.2, 0.25) is 0 Å². The van der Waals surface area contributed by atoms with E-state index in [-0.39, 0.29) is 30.9 Å². The number of benzene rings is 1. The smallest absolute Gasteiger partial charge is 0.238 e. The Morgan fingerprint density at radius 3 is 2.26 bits per heavy atom. The van der Waals surface area contributed by atoms with Gasteiger partial charge in [0, 0.05) is 11.7 Å². The number of aryl methyl sites for hydroxylation is 3. The van der Waals surface area contributed by atoms with E-state index in [0.29, 0.717) is 11.8 Å². The van der Waals surface area contributed by atoms with Crippen LogP contribution >= 0.6 is 0 Å². The van der Waals surface area contributed by atoms with Gasteiger partial charge >= 0.3 is 0 Å². The first kappa shape index (κ1) is 21.4. The maximum atomic E-state index is 12.4. The van der Waals surface area contributed by atoms with E-state index in [9.17, 15) is 9.59 Å². The summed E-state index contributed by atoms with van der Waals surface area (Å²) >= 11 is 0. The molecule has 0 heterocycles. The van der Waals surface area contributed by atoms with E-state index in [1.165, 1.54) is 18.4 Å². The van der Waals surface area contributed by atoms with Crippen molar-refractivity contribution in [3.8, 4) is 0 Å². The molecule has 0 bridgehead atoms. The molecular weight excluding hydrogens is 338 g/mol. The minimum absolute atomic E-state index is 0.000975. The van der Waals surface area contributed by atoms with E-state index in [2.05, 4.69) is 36.6 Å². The second-order valence-corrected chi connectivity index (χ2v) is 8.44. The molecule has 27 heavy (non-hydrogen) atoms. The fourth-order valence-corrected chi connectivity index (χ4v) is 4.14. The van der Waals surface area contributed by atoms with Gasteiger partial charge in [-0.05, 0) is 57.2 Å². The van der Waals surface area contributed by atoms with Crippen molar-refractivity contribution in [2.24, 2.45) is 11.8 Å². The van der Waals surface area contributed by atoms with Gasteiger partial charge in [-0.2, -0.15) is 0 Å². The molecule has 0 aromatic heterocycles. The molecule has 1 aliphatic rings. The third-order valence-electron chi connectivity index (χ3n) is 5.82. The number of nitrogens with one attached hydrogen (secondary N) is 2. The van der Waals surface area contributed by atoms with Crippen molar-refractivity contribution in [3.05, 3.63) is 28.8 Å². The molecule has 1 aliphatic carbocycles. The predicted octanol–water partition coefficient (Wildman–Crippen LogP) is 3.42. The summed E-state index contributed by atoms with van der Waals surface area (Å²) in [6, 6.07) is 4.37. The van der Waals surface area contributed by atoms with E-state index in [4.69, 9.17) is 0 Å². The number of nitrogens with zero attached hydrogens (tertiary/aromatic N) is 1. The lowest BCUT2D eigenvalue weighted by molar-refractivity contribution is -0.124. The summed E-state index contributed by atoms with van der Waals surface area (Å²) in [4.78, 5) is 26.5. The average molecular weight is 374 g/mol. The first-order valence-corrected chi connectivity index (χ1v) is 10.0. The van der Waals surface area contributed by atoms with Crippen LogP contribution in [-0.4, -0.2) is 42.9 Å². The molecule has 1 aromatic rings. The molecule has 2 amide bonds. The predicted molar refractivity (Wildman–Crippen MR) is 111 cm³/mol. The summed E-state index contributed by atoms with van der Waals surface area (Å²) in [5.41, 5.74) is 4.17. The monoisotopic (exact) mass is 373 g/mol. The Balaban J connectivity index is 1.83. The minimum atomic E-state index is -0.0972. The average Bonchev–Trinajstić information content (AvgIpc) is 2.55. The zero-order valence-corrected chi connectivity index (χ0v) is 17.7. The van der Waals surface area contributed by atoms with E-state index in [0.717, 1.165) is 23.2 Å². The van der Waals surface area contributed by atoms with Gasteiger partial charge in [-0.15, -0.1) is 0 Å². The molecule has 150 valence electrons. The number of hydrogen-bond acceptors (Lipinski definition) is 3. The highest BCUT2D eigenvalue weighted by atomic mass is 16.2. The van der Waals surface area contributed by atoms with Gasteiger partial charge in [-0.25, -0.2) is 0 Å². The molecule has 1 aromatic carbocycles. The highest BCUT2D eigenvalue weighted by Gasteiger charge is 2.28. The molecule has 0 saturated heterocycles. The largest absolute Gasteiger partial charge is 0.352 e. The SMILES string of the molecule is Cc1cc(C)c(NC(=O)CN(C)CC(=O)NC2CCCC(C)C2C)c(C)c1. The van der Waals surface area contributed by atoms with Gasteiger partial charge in [-0.1, -0.05) is 44.4 Å². The maximum absolute atomic E-state index is 12.4. The molecule has 0 spiro atoms. The lowest BCUT2D eigenvalue weighted by atomic mass is 9.78. The molecule has 1 fully saturated rings. The Hall–Kier alpha value is -1.88. The molecule has 2 rings (SSSR count). The van der Waals surface area contributed by atoms with Crippen LogP contribution in [-0.2, 0) is 9.59 Å². The Morgan fingerprint density at radius 1 is 1.04 bits per heavy atom. The summed E-state index contributed by atoms with van der Waals surface area (Å²) in [5, 5.41) is 6.16. The normalized spacial score (nSPS) is 22.6. The van der Waals surface area contributed by atoms with Crippen molar-refractivity contribution in [1.82, 2.24) is 10.2 Å². The van der Waals surface area contributed by atoms with Gasteiger partial charge in [0.05, 0.1) is 13.1 Å². The van der Waals surface area contributed by atoms with Crippen molar-refractivity contribution in [2.45, 2.75) is 59.9 Å². The lowest BCUT2D eigenvalue weighted by Gasteiger charge is -2.34. The standard InChI is InChI=1S/C22H35N3O2/c1-14-10-16(3)22(17(4)11-14)24-21(27)13-25(6)12-20(26)23-19-9-7-8-15(2)18(19)5/h10-11,15,18-19H,7-9,12-13H2,1-6H3,(H,23,26)(H,24,27). The van der Waals surface area contributed by atoms with Gasteiger partial charge in [0.25, 0.3) is 0 Å². The number of carbonyl (C=O) groups is 2. The van der Waals surface area contributed by atoms with Crippen LogP contribution in [0.15, 0.2) is 12.1 Å². The fourth-order valence-electron chi connectivity index (χ4n) is 4.14. The first-order chi connectivity index (χ1) is 12.7. The second-order valence-electron chi connectivity index (χ2n) is 8.44. The van der Waals surface area contributed by atoms with Crippen LogP contribution in [0.5, 0.6) is 0 Å². The van der Waals surface area contributed by atoms with Crippen molar-refractivity contribution in [1.29, 1.82) is 0 Å². The van der Waals surface area contributed by atoms with Gasteiger partial charge in [0.15, 0.2) is 0 Å². The van der Waals surface area contributed by atoms with Gasteiger partial charge in [0.1, 0.15) is 0 Å². The minimum Gasteiger partial charge on any atom is -0.352 e. The van der Waals surface area contributed by atoms with Crippen LogP contribution < -0.4 is 10.6 Å². The number of likely N-dealkylation sites (N-methyl/N-ethyl adjacent to an activating group) is 1. The van der Waals surface area contributed by atoms with Crippen molar-refractivity contribution in [2.75, 3.05) is 25.5 Å². The third-order valence-corrected chi connectivity index (χ3v) is 5.82. The molecule has 2 N–H and O–H groups in total. The molecule has 3 atom stereocenters. The molecule has 3 unspecified atom stereocenters. The first-order valence-electron chi connectivity index (χ1n) is 10.0. The highest BCUT2D eigenvalue weighted by molar-refractivity contribution is 5.94. The Labute approximate surface area is 163 Å². The molecule has 1 saturated carbocycles. The molecule has 0 aliphatic heterocycles. The molecule has 0 radical (unpaired) electrons. The summed E-state index contributed by atoms with van der Waals surface area (Å²) in [6.45, 7) is 10.9. The molecular formula is C22H35N3O2. The van der Waals surface area contributed by atoms with Crippen LogP contribution in [0.4, 0.5) is 5.69 Å². The number of rotatable bonds is 6. The van der Waals surface area contributed by atoms with Crippen LogP contribution in [0.3, 0.4) is 0 Å². The van der Waals surface area contributed by atoms with E-state index in [1.54, 1.807) is 11.9 Å². The number of carbonyl (C=O) groups excluding carboxylic acids is 2. The van der Waals surface area contributed by atoms with Crippen LogP contribution in [0.1, 0.15) is 49.8 Å². The maximum Gasteiger partial charge on any atom is 0.238 e. The van der Waals surface area contributed by atoms with Crippen LogP contribution in [0.25, 0.3) is 0 Å². The highest BCUT2D eigenvalue weighted by Crippen LogP contribution is 2.29. The van der Waals surface area contributed by atoms with Crippen LogP contribution in [0, 0.1) is 32.6 Å². The van der Waals surface area contributed by atoms with Gasteiger partial charge in [-0.3, -0.25) is 14.5 Å². The zero-order valence-electron chi connectivity index (χ0n) is 17.7. The van der Waals surface area contributed by atoms with E-state index in [1.807, 2.05) is 20.8 Å². The van der Waals surface area contributed by atoms with Gasteiger partial charge in [0.2, 0.25) is 11.8 Å². The van der Waals surface area contributed by atoms with E-state index >= 15 is 0 Å². The van der Waals surface area contributed by atoms with E-state index < -0.39 is 0 Å². The number of anilines is 1. The third kappa shape index (κ3) is 6.06. The summed E-state index contributed by atoms with van der Waals surface area (Å²) in [6.07, 6.45) is 3.46. The Morgan fingerprint density at radius 2 is 1.63 bits per heavy atom. The van der Waals surface area contributed by atoms with Crippen molar-refractivity contribution >= 4 is 17.5 Å². The van der Waals surface area contributed by atoms with Gasteiger partial charge < -0.3 is 10.6 Å².